The van der Waals surface area contributed by atoms with Crippen molar-refractivity contribution in [3.05, 3.63) is 157 Å². The number of furan rings is 1. The van der Waals surface area contributed by atoms with Gasteiger partial charge < -0.3 is 19.7 Å². The molecule has 1 aliphatic rings. The number of anilines is 2. The zero-order chi connectivity index (χ0) is 33.5. The maximum absolute atomic E-state index is 6.56. The summed E-state index contributed by atoms with van der Waals surface area (Å²) < 4.78 is 6.56. The number of hydrogen-bond acceptors (Lipinski definition) is 4. The predicted molar refractivity (Wildman–Crippen MR) is 202 cm³/mol. The Kier molecular flexibility index (Phi) is 8.96. The molecule has 0 saturated carbocycles. The SMILES string of the molecule is Cc1c2cc3c(oc4ccccc43)c1-c1cc(C(C)(C)C)ccc1Nc1c[c-]c(-c3ccccn3)cc1-2.[Ir].[c-]1ccccc1-c1ccccn1. The van der Waals surface area contributed by atoms with E-state index in [2.05, 4.69) is 110 Å². The summed E-state index contributed by atoms with van der Waals surface area (Å²) in [5, 5.41) is 6.02. The molecule has 3 aromatic heterocycles. The Morgan fingerprint density at radius 1 is 0.640 bits per heavy atom. The standard InChI is InChI=1S/C34H27N2O.C11H8N.Ir/c1-20-24-19-26-23-9-5-6-11-31(23)37-33(26)32(20)27-18-22(34(2,3)4)13-15-30(27)36-29-14-12-21(17-25(24)29)28-10-7-8-16-35-28;1-2-6-10(7-3-1)11-8-4-5-9-12-11;/h5-11,13-19,36H,1-4H3;1-6,8-9H;/q2*-1;. The van der Waals surface area contributed by atoms with Crippen LogP contribution in [0.3, 0.4) is 0 Å². The second-order valence-corrected chi connectivity index (χ2v) is 13.4. The average molecular weight is 826 g/mol. The molecule has 0 fully saturated rings. The van der Waals surface area contributed by atoms with Crippen LogP contribution >= 0.6 is 0 Å². The molecule has 247 valence electrons. The Hall–Kier alpha value is -5.35. The molecule has 4 heterocycles. The van der Waals surface area contributed by atoms with E-state index in [0.29, 0.717) is 0 Å². The van der Waals surface area contributed by atoms with Crippen LogP contribution in [-0.2, 0) is 25.5 Å². The normalized spacial score (nSPS) is 11.6. The Bertz CT molecular complexity index is 2410. The zero-order valence-corrected chi connectivity index (χ0v) is 30.7. The van der Waals surface area contributed by atoms with E-state index in [1.165, 1.54) is 16.7 Å². The van der Waals surface area contributed by atoms with Gasteiger partial charge in [0.05, 0.1) is 0 Å². The summed E-state index contributed by atoms with van der Waals surface area (Å²) in [7, 11) is 0. The molecule has 0 aliphatic carbocycles. The first-order valence-corrected chi connectivity index (χ1v) is 16.6. The number of hydrogen-bond donors (Lipinski definition) is 1. The third-order valence-corrected chi connectivity index (χ3v) is 9.18. The van der Waals surface area contributed by atoms with Crippen LogP contribution in [0.2, 0.25) is 0 Å². The van der Waals surface area contributed by atoms with E-state index in [1.807, 2.05) is 72.9 Å². The largest absolute Gasteiger partial charge is 0.455 e. The first kappa shape index (κ1) is 33.2. The smallest absolute Gasteiger partial charge is 0.143 e. The van der Waals surface area contributed by atoms with Gasteiger partial charge in [-0.05, 0) is 82.5 Å². The maximum Gasteiger partial charge on any atom is 0.143 e. The first-order chi connectivity index (χ1) is 23.8. The summed E-state index contributed by atoms with van der Waals surface area (Å²) in [5.41, 5.74) is 15.0. The molecular weight excluding hydrogens is 791 g/mol. The minimum Gasteiger partial charge on any atom is -0.455 e. The second-order valence-electron chi connectivity index (χ2n) is 13.4. The molecular formula is C45H35IrN3O-2. The summed E-state index contributed by atoms with van der Waals surface area (Å²) in [6.45, 7) is 8.99. The van der Waals surface area contributed by atoms with Gasteiger partial charge in [0.15, 0.2) is 0 Å². The van der Waals surface area contributed by atoms with E-state index in [4.69, 9.17) is 4.42 Å². The van der Waals surface area contributed by atoms with Crippen molar-refractivity contribution in [2.24, 2.45) is 0 Å². The van der Waals surface area contributed by atoms with Gasteiger partial charge in [0, 0.05) is 60.1 Å². The number of pyridine rings is 2. The number of benzene rings is 5. The monoisotopic (exact) mass is 826 g/mol. The second kappa shape index (κ2) is 13.5. The molecule has 5 heteroatoms. The maximum atomic E-state index is 6.56. The first-order valence-electron chi connectivity index (χ1n) is 16.6. The molecule has 2 bridgehead atoms. The Morgan fingerprint density at radius 2 is 1.36 bits per heavy atom. The van der Waals surface area contributed by atoms with Gasteiger partial charge in [-0.3, -0.25) is 0 Å². The third kappa shape index (κ3) is 6.15. The van der Waals surface area contributed by atoms with E-state index < -0.39 is 0 Å². The minimum absolute atomic E-state index is 0. The Labute approximate surface area is 306 Å². The number of aromatic nitrogens is 2. The van der Waals surface area contributed by atoms with Gasteiger partial charge in [-0.25, -0.2) is 0 Å². The van der Waals surface area contributed by atoms with Crippen molar-refractivity contribution >= 4 is 33.3 Å². The molecule has 8 aromatic rings. The van der Waals surface area contributed by atoms with Crippen LogP contribution in [0.4, 0.5) is 11.4 Å². The van der Waals surface area contributed by atoms with Crippen LogP contribution in [0.25, 0.3) is 66.7 Å². The van der Waals surface area contributed by atoms with Gasteiger partial charge in [-0.2, -0.15) is 0 Å². The summed E-state index contributed by atoms with van der Waals surface area (Å²) in [6, 6.07) is 47.9. The average Bonchev–Trinajstić information content (AvgIpc) is 3.51. The van der Waals surface area contributed by atoms with Crippen LogP contribution in [-0.4, -0.2) is 9.97 Å². The van der Waals surface area contributed by atoms with E-state index >= 15 is 0 Å². The van der Waals surface area contributed by atoms with Crippen molar-refractivity contribution in [3.8, 4) is 44.8 Å². The zero-order valence-electron chi connectivity index (χ0n) is 28.3. The molecule has 1 radical (unpaired) electrons. The van der Waals surface area contributed by atoms with E-state index in [0.717, 1.165) is 72.5 Å². The van der Waals surface area contributed by atoms with Crippen molar-refractivity contribution < 1.29 is 24.5 Å². The molecule has 1 N–H and O–H groups in total. The number of rotatable bonds is 2. The molecule has 0 unspecified atom stereocenters. The van der Waals surface area contributed by atoms with Crippen molar-refractivity contribution in [1.82, 2.24) is 9.97 Å². The van der Waals surface area contributed by atoms with Gasteiger partial charge in [-0.15, -0.1) is 59.7 Å². The number of fused-ring (bicyclic) bond motifs is 10. The van der Waals surface area contributed by atoms with Crippen molar-refractivity contribution in [1.29, 1.82) is 0 Å². The molecule has 0 atom stereocenters. The van der Waals surface area contributed by atoms with Gasteiger partial charge in [0.25, 0.3) is 0 Å². The fourth-order valence-electron chi connectivity index (χ4n) is 6.59. The van der Waals surface area contributed by atoms with E-state index in [1.54, 1.807) is 6.20 Å². The summed E-state index contributed by atoms with van der Waals surface area (Å²) in [6.07, 6.45) is 3.62. The molecule has 4 nitrogen and oxygen atoms in total. The molecule has 0 amide bonds. The van der Waals surface area contributed by atoms with Crippen LogP contribution < -0.4 is 5.32 Å². The third-order valence-electron chi connectivity index (χ3n) is 9.18. The van der Waals surface area contributed by atoms with Crippen LogP contribution in [0, 0.1) is 19.1 Å². The van der Waals surface area contributed by atoms with Crippen molar-refractivity contribution in [3.63, 3.8) is 0 Å². The minimum atomic E-state index is 0. The predicted octanol–water partition coefficient (Wildman–Crippen LogP) is 12.0. The Morgan fingerprint density at radius 3 is 2.06 bits per heavy atom. The molecule has 1 aliphatic heterocycles. The summed E-state index contributed by atoms with van der Waals surface area (Å²) >= 11 is 0. The van der Waals surface area contributed by atoms with E-state index in [9.17, 15) is 0 Å². The van der Waals surface area contributed by atoms with Gasteiger partial charge >= 0.3 is 0 Å². The Balaban J connectivity index is 0.000000255. The molecule has 0 spiro atoms. The fraction of sp³-hybridized carbons (Fsp3) is 0.111. The number of para-hydroxylation sites is 1. The molecule has 9 rings (SSSR count). The molecule has 50 heavy (non-hydrogen) atoms. The topological polar surface area (TPSA) is 51.0 Å². The fourth-order valence-corrected chi connectivity index (χ4v) is 6.59. The molecule has 5 aromatic carbocycles. The number of nitrogens with zero attached hydrogens (tertiary/aromatic N) is 2. The van der Waals surface area contributed by atoms with Crippen LogP contribution in [0.15, 0.2) is 138 Å². The van der Waals surface area contributed by atoms with Crippen molar-refractivity contribution in [2.75, 3.05) is 5.32 Å². The van der Waals surface area contributed by atoms with Crippen LogP contribution in [0.5, 0.6) is 0 Å². The van der Waals surface area contributed by atoms with Gasteiger partial charge in [0.1, 0.15) is 11.2 Å². The quantitative estimate of drug-likeness (QED) is 0.176. The van der Waals surface area contributed by atoms with Gasteiger partial charge in [-0.1, -0.05) is 74.9 Å². The van der Waals surface area contributed by atoms with Gasteiger partial charge in [0.2, 0.25) is 0 Å². The number of nitrogens with one attached hydrogen (secondary N) is 1. The van der Waals surface area contributed by atoms with Crippen molar-refractivity contribution in [2.45, 2.75) is 33.1 Å². The summed E-state index contributed by atoms with van der Waals surface area (Å²) in [4.78, 5) is 8.80. The van der Waals surface area contributed by atoms with E-state index in [-0.39, 0.29) is 25.5 Å². The van der Waals surface area contributed by atoms with Crippen LogP contribution in [0.1, 0.15) is 31.9 Å². The summed E-state index contributed by atoms with van der Waals surface area (Å²) in [5.74, 6) is 0. The molecule has 0 saturated heterocycles.